The van der Waals surface area contributed by atoms with Crippen LogP contribution in [0.4, 0.5) is 0 Å². The lowest BCUT2D eigenvalue weighted by molar-refractivity contribution is 0.446. The summed E-state index contributed by atoms with van der Waals surface area (Å²) in [4.78, 5) is 3.94. The van der Waals surface area contributed by atoms with Crippen molar-refractivity contribution in [3.63, 3.8) is 0 Å². The van der Waals surface area contributed by atoms with Gasteiger partial charge < -0.3 is 9.84 Å². The highest BCUT2D eigenvalue weighted by Crippen LogP contribution is 2.30. The third-order valence-corrected chi connectivity index (χ3v) is 2.28. The van der Waals surface area contributed by atoms with Crippen molar-refractivity contribution in [2.45, 2.75) is 0 Å². The van der Waals surface area contributed by atoms with Crippen LogP contribution in [0, 0.1) is 0 Å². The molecule has 0 bridgehead atoms. The molecule has 0 atom stereocenters. The molecule has 0 aliphatic rings. The molecular formula is C11H7Cl2NO2. The summed E-state index contributed by atoms with van der Waals surface area (Å²) in [6.07, 6.45) is 1.44. The Morgan fingerprint density at radius 3 is 2.69 bits per heavy atom. The van der Waals surface area contributed by atoms with Crippen LogP contribution in [0.1, 0.15) is 0 Å². The average molecular weight is 256 g/mol. The van der Waals surface area contributed by atoms with E-state index in [1.807, 2.05) is 0 Å². The second-order valence-electron chi connectivity index (χ2n) is 3.04. The van der Waals surface area contributed by atoms with E-state index >= 15 is 0 Å². The highest BCUT2D eigenvalue weighted by Gasteiger charge is 2.05. The molecular weight excluding hydrogens is 249 g/mol. The number of pyridine rings is 1. The summed E-state index contributed by atoms with van der Waals surface area (Å²) in [6.45, 7) is 0. The van der Waals surface area contributed by atoms with Crippen LogP contribution in [0.5, 0.6) is 17.4 Å². The maximum absolute atomic E-state index is 9.25. The Morgan fingerprint density at radius 1 is 1.19 bits per heavy atom. The van der Waals surface area contributed by atoms with Crippen LogP contribution in [0.2, 0.25) is 10.0 Å². The van der Waals surface area contributed by atoms with Crippen LogP contribution >= 0.6 is 23.2 Å². The number of aromatic nitrogens is 1. The molecule has 0 saturated carbocycles. The normalized spacial score (nSPS) is 10.1. The predicted octanol–water partition coefficient (Wildman–Crippen LogP) is 3.89. The molecule has 82 valence electrons. The number of benzene rings is 1. The minimum absolute atomic E-state index is 0.114. The number of phenolic OH excluding ortho intramolecular Hbond substituents is 1. The maximum atomic E-state index is 9.25. The van der Waals surface area contributed by atoms with Gasteiger partial charge in [-0.05, 0) is 18.2 Å². The maximum Gasteiger partial charge on any atom is 0.238 e. The summed E-state index contributed by atoms with van der Waals surface area (Å²) in [5.74, 6) is 0.816. The van der Waals surface area contributed by atoms with Crippen molar-refractivity contribution in [3.8, 4) is 17.4 Å². The van der Waals surface area contributed by atoms with E-state index in [9.17, 15) is 5.11 Å². The van der Waals surface area contributed by atoms with Crippen molar-refractivity contribution >= 4 is 23.2 Å². The topological polar surface area (TPSA) is 42.4 Å². The standard InChI is InChI=1S/C11H7Cl2NO2/c12-7-4-10(13)11(14-6-7)16-9-3-1-2-8(15)5-9/h1-6,15H. The first-order chi connectivity index (χ1) is 7.65. The largest absolute Gasteiger partial charge is 0.508 e. The number of aromatic hydroxyl groups is 1. The summed E-state index contributed by atoms with van der Waals surface area (Å²) in [7, 11) is 0. The Labute approximate surface area is 102 Å². The van der Waals surface area contributed by atoms with E-state index in [1.54, 1.807) is 18.2 Å². The zero-order valence-electron chi connectivity index (χ0n) is 8.02. The van der Waals surface area contributed by atoms with Crippen LogP contribution in [0.25, 0.3) is 0 Å². The third kappa shape index (κ3) is 2.56. The number of hydrogen-bond acceptors (Lipinski definition) is 3. The van der Waals surface area contributed by atoms with E-state index in [0.717, 1.165) is 0 Å². The Kier molecular flexibility index (Phi) is 3.17. The van der Waals surface area contributed by atoms with Gasteiger partial charge in [0.1, 0.15) is 16.5 Å². The molecule has 0 spiro atoms. The fraction of sp³-hybridized carbons (Fsp3) is 0. The summed E-state index contributed by atoms with van der Waals surface area (Å²) < 4.78 is 5.38. The first-order valence-corrected chi connectivity index (χ1v) is 5.18. The molecule has 0 unspecified atom stereocenters. The summed E-state index contributed by atoms with van der Waals surface area (Å²) >= 11 is 11.6. The minimum atomic E-state index is 0.114. The van der Waals surface area contributed by atoms with Gasteiger partial charge in [0, 0.05) is 12.3 Å². The van der Waals surface area contributed by atoms with Gasteiger partial charge >= 0.3 is 0 Å². The van der Waals surface area contributed by atoms with Crippen molar-refractivity contribution in [1.29, 1.82) is 0 Å². The molecule has 5 heteroatoms. The zero-order valence-corrected chi connectivity index (χ0v) is 9.53. The van der Waals surface area contributed by atoms with E-state index in [0.29, 0.717) is 15.8 Å². The second-order valence-corrected chi connectivity index (χ2v) is 3.88. The first-order valence-electron chi connectivity index (χ1n) is 4.43. The van der Waals surface area contributed by atoms with Crippen LogP contribution in [0.15, 0.2) is 36.5 Å². The van der Waals surface area contributed by atoms with Gasteiger partial charge in [-0.1, -0.05) is 29.3 Å². The van der Waals surface area contributed by atoms with Gasteiger partial charge in [-0.15, -0.1) is 0 Å². The van der Waals surface area contributed by atoms with Gasteiger partial charge in [0.15, 0.2) is 0 Å². The number of halogens is 2. The lowest BCUT2D eigenvalue weighted by Gasteiger charge is -2.06. The molecule has 0 aliphatic carbocycles. The molecule has 1 aromatic carbocycles. The molecule has 2 aromatic rings. The molecule has 3 nitrogen and oxygen atoms in total. The lowest BCUT2D eigenvalue weighted by Crippen LogP contribution is -1.88. The van der Waals surface area contributed by atoms with Gasteiger partial charge in [0.2, 0.25) is 5.88 Å². The molecule has 16 heavy (non-hydrogen) atoms. The Bertz CT molecular complexity index is 517. The second kappa shape index (κ2) is 4.60. The molecule has 1 heterocycles. The van der Waals surface area contributed by atoms with Crippen molar-refractivity contribution in [2.75, 3.05) is 0 Å². The van der Waals surface area contributed by atoms with Crippen LogP contribution < -0.4 is 4.74 Å². The number of ether oxygens (including phenoxy) is 1. The number of nitrogens with zero attached hydrogens (tertiary/aromatic N) is 1. The zero-order chi connectivity index (χ0) is 11.5. The minimum Gasteiger partial charge on any atom is -0.508 e. The number of rotatable bonds is 2. The van der Waals surface area contributed by atoms with Crippen molar-refractivity contribution in [1.82, 2.24) is 4.98 Å². The van der Waals surface area contributed by atoms with Crippen molar-refractivity contribution in [2.24, 2.45) is 0 Å². The average Bonchev–Trinajstić information content (AvgIpc) is 2.22. The summed E-state index contributed by atoms with van der Waals surface area (Å²) in [5, 5.41) is 10.0. The van der Waals surface area contributed by atoms with E-state index < -0.39 is 0 Å². The quantitative estimate of drug-likeness (QED) is 0.886. The van der Waals surface area contributed by atoms with Gasteiger partial charge in [-0.2, -0.15) is 0 Å². The Balaban J connectivity index is 2.27. The molecule has 1 aromatic heterocycles. The lowest BCUT2D eigenvalue weighted by atomic mass is 10.3. The number of hydrogen-bond donors (Lipinski definition) is 1. The molecule has 0 radical (unpaired) electrons. The summed E-state index contributed by atoms with van der Waals surface area (Å²) in [5.41, 5.74) is 0. The van der Waals surface area contributed by atoms with Crippen LogP contribution in [-0.2, 0) is 0 Å². The van der Waals surface area contributed by atoms with E-state index in [2.05, 4.69) is 4.98 Å². The van der Waals surface area contributed by atoms with Crippen molar-refractivity contribution in [3.05, 3.63) is 46.6 Å². The van der Waals surface area contributed by atoms with Gasteiger partial charge in [0.25, 0.3) is 0 Å². The van der Waals surface area contributed by atoms with Gasteiger partial charge in [-0.3, -0.25) is 0 Å². The number of phenols is 1. The molecule has 0 fully saturated rings. The predicted molar refractivity (Wildman–Crippen MR) is 62.4 cm³/mol. The molecule has 0 saturated heterocycles. The first kappa shape index (κ1) is 11.0. The molecule has 1 N–H and O–H groups in total. The molecule has 2 rings (SSSR count). The van der Waals surface area contributed by atoms with Crippen molar-refractivity contribution < 1.29 is 9.84 Å². The smallest absolute Gasteiger partial charge is 0.238 e. The fourth-order valence-corrected chi connectivity index (χ4v) is 1.55. The highest BCUT2D eigenvalue weighted by molar-refractivity contribution is 6.35. The monoisotopic (exact) mass is 255 g/mol. The molecule has 0 amide bonds. The third-order valence-electron chi connectivity index (χ3n) is 1.81. The Hall–Kier alpha value is -1.45. The van der Waals surface area contributed by atoms with Gasteiger partial charge in [0.05, 0.1) is 5.02 Å². The fourth-order valence-electron chi connectivity index (χ4n) is 1.14. The van der Waals surface area contributed by atoms with E-state index in [4.69, 9.17) is 27.9 Å². The SMILES string of the molecule is Oc1cccc(Oc2ncc(Cl)cc2Cl)c1. The summed E-state index contributed by atoms with van der Waals surface area (Å²) in [6, 6.07) is 7.89. The Morgan fingerprint density at radius 2 is 2.00 bits per heavy atom. The molecule has 0 aliphatic heterocycles. The van der Waals surface area contributed by atoms with Gasteiger partial charge in [-0.25, -0.2) is 4.98 Å². The highest BCUT2D eigenvalue weighted by atomic mass is 35.5. The van der Waals surface area contributed by atoms with Crippen LogP contribution in [-0.4, -0.2) is 10.1 Å². The van der Waals surface area contributed by atoms with E-state index in [-0.39, 0.29) is 11.6 Å². The van der Waals surface area contributed by atoms with E-state index in [1.165, 1.54) is 18.3 Å². The van der Waals surface area contributed by atoms with Crippen LogP contribution in [0.3, 0.4) is 0 Å².